The Bertz CT molecular complexity index is 410. The highest BCUT2D eigenvalue weighted by Gasteiger charge is 2.08. The summed E-state index contributed by atoms with van der Waals surface area (Å²) in [5.74, 6) is 6.42. The number of urea groups is 1. The zero-order valence-electron chi connectivity index (χ0n) is 10.9. The molecule has 0 unspecified atom stereocenters. The molecule has 0 aliphatic rings. The third-order valence-electron chi connectivity index (χ3n) is 2.65. The Kier molecular flexibility index (Phi) is 5.26. The first-order valence-corrected chi connectivity index (χ1v) is 5.55. The van der Waals surface area contributed by atoms with Crippen molar-refractivity contribution in [2.75, 3.05) is 27.8 Å². The number of hydrogen-bond donors (Lipinski definition) is 2. The molecule has 0 aliphatic heterocycles. The summed E-state index contributed by atoms with van der Waals surface area (Å²) < 4.78 is 10.4. The van der Waals surface area contributed by atoms with E-state index in [0.29, 0.717) is 24.5 Å². The number of benzene rings is 1. The van der Waals surface area contributed by atoms with E-state index in [9.17, 15) is 4.79 Å². The average Bonchev–Trinajstić information content (AvgIpc) is 2.43. The number of nitrogens with two attached hydrogens (primary N) is 1. The van der Waals surface area contributed by atoms with Crippen molar-refractivity contribution in [3.8, 4) is 11.5 Å². The Hall–Kier alpha value is -1.95. The lowest BCUT2D eigenvalue weighted by Crippen LogP contribution is -2.41. The fraction of sp³-hybridized carbons (Fsp3) is 0.417. The number of nitrogens with one attached hydrogen (secondary N) is 1. The van der Waals surface area contributed by atoms with Crippen molar-refractivity contribution >= 4 is 6.03 Å². The molecule has 0 saturated heterocycles. The van der Waals surface area contributed by atoms with Crippen LogP contribution in [0.4, 0.5) is 4.79 Å². The maximum Gasteiger partial charge on any atom is 0.331 e. The van der Waals surface area contributed by atoms with Gasteiger partial charge in [0.2, 0.25) is 0 Å². The van der Waals surface area contributed by atoms with Crippen LogP contribution in [0.15, 0.2) is 18.2 Å². The fourth-order valence-corrected chi connectivity index (χ4v) is 1.54. The molecule has 1 aromatic rings. The molecule has 6 heteroatoms. The largest absolute Gasteiger partial charge is 0.493 e. The number of amides is 2. The van der Waals surface area contributed by atoms with Crippen molar-refractivity contribution in [3.05, 3.63) is 23.8 Å². The van der Waals surface area contributed by atoms with Crippen LogP contribution in [0.5, 0.6) is 11.5 Å². The predicted octanol–water partition coefficient (Wildman–Crippen LogP) is 0.761. The molecular weight excluding hydrogens is 234 g/mol. The molecule has 6 nitrogen and oxygen atoms in total. The van der Waals surface area contributed by atoms with Crippen LogP contribution in [0.3, 0.4) is 0 Å². The zero-order valence-corrected chi connectivity index (χ0v) is 10.9. The maximum absolute atomic E-state index is 11.2. The van der Waals surface area contributed by atoms with Gasteiger partial charge in [-0.05, 0) is 24.1 Å². The summed E-state index contributed by atoms with van der Waals surface area (Å²) >= 11 is 0. The highest BCUT2D eigenvalue weighted by molar-refractivity contribution is 5.73. The van der Waals surface area contributed by atoms with Crippen molar-refractivity contribution in [3.63, 3.8) is 0 Å². The van der Waals surface area contributed by atoms with Gasteiger partial charge >= 0.3 is 6.03 Å². The molecule has 0 saturated carbocycles. The van der Waals surface area contributed by atoms with Gasteiger partial charge in [0.15, 0.2) is 11.5 Å². The Morgan fingerprint density at radius 2 is 2.00 bits per heavy atom. The van der Waals surface area contributed by atoms with E-state index in [0.717, 1.165) is 5.56 Å². The molecule has 3 N–H and O–H groups in total. The maximum atomic E-state index is 11.2. The summed E-state index contributed by atoms with van der Waals surface area (Å²) in [5.41, 5.74) is 3.14. The van der Waals surface area contributed by atoms with E-state index in [-0.39, 0.29) is 6.03 Å². The molecule has 0 aliphatic carbocycles. The number of hydrogen-bond acceptors (Lipinski definition) is 4. The van der Waals surface area contributed by atoms with Crippen LogP contribution in [-0.2, 0) is 6.42 Å². The van der Waals surface area contributed by atoms with Gasteiger partial charge in [-0.3, -0.25) is 5.43 Å². The SMILES string of the molecule is COc1ccc(CCN(C)C(=O)NN)cc1OC. The van der Waals surface area contributed by atoms with Gasteiger partial charge in [-0.1, -0.05) is 6.07 Å². The molecule has 0 bridgehead atoms. The van der Waals surface area contributed by atoms with E-state index in [1.54, 1.807) is 21.3 Å². The normalized spacial score (nSPS) is 9.78. The zero-order chi connectivity index (χ0) is 13.5. The second kappa shape index (κ2) is 6.70. The predicted molar refractivity (Wildman–Crippen MR) is 68.6 cm³/mol. The molecule has 0 aromatic heterocycles. The van der Waals surface area contributed by atoms with E-state index in [1.807, 2.05) is 18.2 Å². The lowest BCUT2D eigenvalue weighted by Gasteiger charge is -2.16. The molecule has 18 heavy (non-hydrogen) atoms. The van der Waals surface area contributed by atoms with Crippen molar-refractivity contribution in [2.24, 2.45) is 5.84 Å². The Labute approximate surface area is 107 Å². The number of nitrogens with zero attached hydrogens (tertiary/aromatic N) is 1. The second-order valence-corrected chi connectivity index (χ2v) is 3.81. The minimum absolute atomic E-state index is 0.310. The molecular formula is C12H19N3O3. The third kappa shape index (κ3) is 3.53. The number of ether oxygens (including phenoxy) is 2. The standard InChI is InChI=1S/C12H19N3O3/c1-15(12(16)14-13)7-6-9-4-5-10(17-2)11(8-9)18-3/h4-5,8H,6-7,13H2,1-3H3,(H,14,16). The number of methoxy groups -OCH3 is 2. The minimum atomic E-state index is -0.310. The average molecular weight is 253 g/mol. The first-order valence-electron chi connectivity index (χ1n) is 5.55. The third-order valence-corrected chi connectivity index (χ3v) is 2.65. The smallest absolute Gasteiger partial charge is 0.331 e. The van der Waals surface area contributed by atoms with Crippen LogP contribution < -0.4 is 20.7 Å². The summed E-state index contributed by atoms with van der Waals surface area (Å²) in [7, 11) is 4.87. The summed E-state index contributed by atoms with van der Waals surface area (Å²) in [4.78, 5) is 12.7. The van der Waals surface area contributed by atoms with Crippen LogP contribution in [-0.4, -0.2) is 38.7 Å². The summed E-state index contributed by atoms with van der Waals surface area (Å²) in [6.45, 7) is 0.568. The summed E-state index contributed by atoms with van der Waals surface area (Å²) in [5, 5.41) is 0. The number of hydrazine groups is 1. The quantitative estimate of drug-likeness (QED) is 0.461. The minimum Gasteiger partial charge on any atom is -0.493 e. The number of carbonyl (C=O) groups excluding carboxylic acids is 1. The molecule has 100 valence electrons. The van der Waals surface area contributed by atoms with Gasteiger partial charge in [0.1, 0.15) is 0 Å². The Morgan fingerprint density at radius 1 is 1.33 bits per heavy atom. The topological polar surface area (TPSA) is 76.8 Å². The van der Waals surface area contributed by atoms with Crippen LogP contribution in [0, 0.1) is 0 Å². The first-order chi connectivity index (χ1) is 8.62. The lowest BCUT2D eigenvalue weighted by atomic mass is 10.1. The number of rotatable bonds is 5. The molecule has 0 atom stereocenters. The summed E-state index contributed by atoms with van der Waals surface area (Å²) in [6, 6.07) is 5.37. The van der Waals surface area contributed by atoms with E-state index in [1.165, 1.54) is 4.90 Å². The Morgan fingerprint density at radius 3 is 2.56 bits per heavy atom. The number of carbonyl (C=O) groups is 1. The van der Waals surface area contributed by atoms with Gasteiger partial charge in [0.05, 0.1) is 14.2 Å². The van der Waals surface area contributed by atoms with Crippen LogP contribution in [0.2, 0.25) is 0 Å². The van der Waals surface area contributed by atoms with Crippen molar-refractivity contribution in [2.45, 2.75) is 6.42 Å². The molecule has 1 aromatic carbocycles. The molecule has 1 rings (SSSR count). The lowest BCUT2D eigenvalue weighted by molar-refractivity contribution is 0.209. The molecule has 0 radical (unpaired) electrons. The van der Waals surface area contributed by atoms with E-state index in [2.05, 4.69) is 5.43 Å². The fourth-order valence-electron chi connectivity index (χ4n) is 1.54. The molecule has 2 amide bonds. The van der Waals surface area contributed by atoms with Gasteiger partial charge in [-0.15, -0.1) is 0 Å². The van der Waals surface area contributed by atoms with Gasteiger partial charge < -0.3 is 14.4 Å². The van der Waals surface area contributed by atoms with Crippen LogP contribution in [0.25, 0.3) is 0 Å². The monoisotopic (exact) mass is 253 g/mol. The molecule has 0 fully saturated rings. The van der Waals surface area contributed by atoms with Crippen LogP contribution >= 0.6 is 0 Å². The highest BCUT2D eigenvalue weighted by Crippen LogP contribution is 2.27. The van der Waals surface area contributed by atoms with E-state index in [4.69, 9.17) is 15.3 Å². The molecule has 0 heterocycles. The number of likely N-dealkylation sites (N-methyl/N-ethyl adjacent to an activating group) is 1. The van der Waals surface area contributed by atoms with Gasteiger partial charge in [-0.2, -0.15) is 0 Å². The van der Waals surface area contributed by atoms with Crippen molar-refractivity contribution < 1.29 is 14.3 Å². The second-order valence-electron chi connectivity index (χ2n) is 3.81. The van der Waals surface area contributed by atoms with Gasteiger partial charge in [0.25, 0.3) is 0 Å². The first kappa shape index (κ1) is 14.1. The molecule has 0 spiro atoms. The van der Waals surface area contributed by atoms with Crippen molar-refractivity contribution in [1.82, 2.24) is 10.3 Å². The van der Waals surface area contributed by atoms with E-state index < -0.39 is 0 Å². The Balaban J connectivity index is 2.65. The van der Waals surface area contributed by atoms with Crippen LogP contribution in [0.1, 0.15) is 5.56 Å². The van der Waals surface area contributed by atoms with Gasteiger partial charge in [-0.25, -0.2) is 10.6 Å². The van der Waals surface area contributed by atoms with Crippen molar-refractivity contribution in [1.29, 1.82) is 0 Å². The highest BCUT2D eigenvalue weighted by atomic mass is 16.5. The van der Waals surface area contributed by atoms with Gasteiger partial charge in [0, 0.05) is 13.6 Å². The summed E-state index contributed by atoms with van der Waals surface area (Å²) in [6.07, 6.45) is 0.713. The van der Waals surface area contributed by atoms with E-state index >= 15 is 0 Å².